The summed E-state index contributed by atoms with van der Waals surface area (Å²) >= 11 is 0. The second-order valence-corrected chi connectivity index (χ2v) is 5.11. The third kappa shape index (κ3) is 2.57. The van der Waals surface area contributed by atoms with Gasteiger partial charge in [0.2, 0.25) is 5.91 Å². The van der Waals surface area contributed by atoms with E-state index in [-0.39, 0.29) is 18.1 Å². The SMILES string of the molecule is C[C@H]1OCCN[C@@H]1C(=O)Nc1ccc2oc(=O)n(C)c2c1. The average molecular weight is 291 g/mol. The van der Waals surface area contributed by atoms with Crippen LogP contribution in [-0.2, 0) is 16.6 Å². The van der Waals surface area contributed by atoms with E-state index in [1.54, 1.807) is 25.2 Å². The van der Waals surface area contributed by atoms with E-state index in [2.05, 4.69) is 10.6 Å². The lowest BCUT2D eigenvalue weighted by Gasteiger charge is -2.29. The Balaban J connectivity index is 1.82. The Hall–Kier alpha value is -2.12. The zero-order valence-corrected chi connectivity index (χ0v) is 11.9. The van der Waals surface area contributed by atoms with E-state index in [0.717, 1.165) is 0 Å². The van der Waals surface area contributed by atoms with E-state index in [1.165, 1.54) is 4.57 Å². The van der Waals surface area contributed by atoms with Crippen LogP contribution >= 0.6 is 0 Å². The molecule has 2 heterocycles. The Morgan fingerprint density at radius 2 is 2.29 bits per heavy atom. The summed E-state index contributed by atoms with van der Waals surface area (Å²) in [6, 6.07) is 4.70. The summed E-state index contributed by atoms with van der Waals surface area (Å²) in [7, 11) is 1.62. The first-order chi connectivity index (χ1) is 10.1. The molecule has 1 fully saturated rings. The van der Waals surface area contributed by atoms with E-state index in [9.17, 15) is 9.59 Å². The third-order valence-electron chi connectivity index (χ3n) is 3.66. The largest absolute Gasteiger partial charge is 0.419 e. The summed E-state index contributed by atoms with van der Waals surface area (Å²) in [5.41, 5.74) is 1.75. The fourth-order valence-corrected chi connectivity index (χ4v) is 2.45. The quantitative estimate of drug-likeness (QED) is 0.839. The van der Waals surface area contributed by atoms with Crippen LogP contribution < -0.4 is 16.4 Å². The van der Waals surface area contributed by atoms with Crippen molar-refractivity contribution in [2.24, 2.45) is 7.05 Å². The number of carbonyl (C=O) groups excluding carboxylic acids is 1. The van der Waals surface area contributed by atoms with Gasteiger partial charge in [0, 0.05) is 19.3 Å². The molecule has 0 unspecified atom stereocenters. The fourth-order valence-electron chi connectivity index (χ4n) is 2.45. The molecule has 1 aromatic heterocycles. The molecule has 1 aliphatic rings. The van der Waals surface area contributed by atoms with Crippen LogP contribution in [0.2, 0.25) is 0 Å². The van der Waals surface area contributed by atoms with Crippen LogP contribution in [0.25, 0.3) is 11.1 Å². The van der Waals surface area contributed by atoms with Gasteiger partial charge in [0.1, 0.15) is 6.04 Å². The summed E-state index contributed by atoms with van der Waals surface area (Å²) in [4.78, 5) is 23.7. The van der Waals surface area contributed by atoms with E-state index < -0.39 is 5.76 Å². The number of benzene rings is 1. The number of ether oxygens (including phenoxy) is 1. The number of nitrogens with zero attached hydrogens (tertiary/aromatic N) is 1. The van der Waals surface area contributed by atoms with Gasteiger partial charge in [-0.25, -0.2) is 4.79 Å². The number of hydrogen-bond acceptors (Lipinski definition) is 5. The number of rotatable bonds is 2. The number of hydrogen-bond donors (Lipinski definition) is 2. The molecule has 1 aromatic carbocycles. The van der Waals surface area contributed by atoms with Gasteiger partial charge in [-0.15, -0.1) is 0 Å². The molecule has 0 saturated carbocycles. The van der Waals surface area contributed by atoms with Crippen molar-refractivity contribution in [1.29, 1.82) is 0 Å². The monoisotopic (exact) mass is 291 g/mol. The van der Waals surface area contributed by atoms with Crippen LogP contribution in [0, 0.1) is 0 Å². The highest BCUT2D eigenvalue weighted by Gasteiger charge is 2.28. The molecule has 0 bridgehead atoms. The minimum Gasteiger partial charge on any atom is -0.408 e. The van der Waals surface area contributed by atoms with Crippen molar-refractivity contribution >= 4 is 22.7 Å². The highest BCUT2D eigenvalue weighted by Crippen LogP contribution is 2.18. The van der Waals surface area contributed by atoms with Crippen LogP contribution in [0.3, 0.4) is 0 Å². The smallest absolute Gasteiger partial charge is 0.408 e. The average Bonchev–Trinajstić information content (AvgIpc) is 2.75. The van der Waals surface area contributed by atoms with Crippen LogP contribution in [-0.4, -0.2) is 35.8 Å². The summed E-state index contributed by atoms with van der Waals surface area (Å²) < 4.78 is 11.9. The molecule has 3 rings (SSSR count). The van der Waals surface area contributed by atoms with Crippen LogP contribution in [0.1, 0.15) is 6.92 Å². The molecule has 0 spiro atoms. The van der Waals surface area contributed by atoms with E-state index in [0.29, 0.717) is 29.9 Å². The molecule has 1 amide bonds. The topological polar surface area (TPSA) is 85.5 Å². The number of anilines is 1. The van der Waals surface area contributed by atoms with E-state index in [1.807, 2.05) is 6.92 Å². The zero-order valence-electron chi connectivity index (χ0n) is 11.9. The molecule has 1 saturated heterocycles. The maximum atomic E-state index is 12.3. The van der Waals surface area contributed by atoms with E-state index in [4.69, 9.17) is 9.15 Å². The standard InChI is InChI=1S/C14H17N3O4/c1-8-12(15-5-6-20-8)13(18)16-9-3-4-11-10(7-9)17(2)14(19)21-11/h3-4,7-8,12,15H,5-6H2,1-2H3,(H,16,18)/t8-,12+/m1/s1. The Morgan fingerprint density at radius 3 is 3.05 bits per heavy atom. The highest BCUT2D eigenvalue weighted by atomic mass is 16.5. The van der Waals surface area contributed by atoms with Crippen LogP contribution in [0.4, 0.5) is 5.69 Å². The Kier molecular flexibility index (Phi) is 3.52. The van der Waals surface area contributed by atoms with Crippen LogP contribution in [0.15, 0.2) is 27.4 Å². The lowest BCUT2D eigenvalue weighted by Crippen LogP contribution is -2.53. The Morgan fingerprint density at radius 1 is 1.48 bits per heavy atom. The molecule has 2 atom stereocenters. The first-order valence-corrected chi connectivity index (χ1v) is 6.81. The van der Waals surface area contributed by atoms with Gasteiger partial charge in [0.25, 0.3) is 0 Å². The number of fused-ring (bicyclic) bond motifs is 1. The number of carbonyl (C=O) groups is 1. The number of nitrogens with one attached hydrogen (secondary N) is 2. The van der Waals surface area contributed by atoms with Crippen molar-refractivity contribution in [3.63, 3.8) is 0 Å². The maximum absolute atomic E-state index is 12.3. The summed E-state index contributed by atoms with van der Waals surface area (Å²) in [5.74, 6) is -0.584. The summed E-state index contributed by atoms with van der Waals surface area (Å²) in [6.45, 7) is 3.12. The number of oxazole rings is 1. The van der Waals surface area contributed by atoms with Gasteiger partial charge < -0.3 is 19.8 Å². The number of morpholine rings is 1. The molecule has 21 heavy (non-hydrogen) atoms. The molecule has 7 nitrogen and oxygen atoms in total. The second kappa shape index (κ2) is 5.34. The van der Waals surface area contributed by atoms with Crippen molar-refractivity contribution in [1.82, 2.24) is 9.88 Å². The van der Waals surface area contributed by atoms with Gasteiger partial charge in [0.15, 0.2) is 5.58 Å². The minimum atomic E-state index is -0.426. The van der Waals surface area contributed by atoms with Gasteiger partial charge in [-0.2, -0.15) is 0 Å². The normalized spacial score (nSPS) is 22.4. The summed E-state index contributed by atoms with van der Waals surface area (Å²) in [5, 5.41) is 5.96. The van der Waals surface area contributed by atoms with Crippen molar-refractivity contribution in [3.05, 3.63) is 28.7 Å². The molecular formula is C14H17N3O4. The highest BCUT2D eigenvalue weighted by molar-refractivity contribution is 5.96. The molecule has 7 heteroatoms. The molecule has 1 aliphatic heterocycles. The number of aromatic nitrogens is 1. The third-order valence-corrected chi connectivity index (χ3v) is 3.66. The molecule has 2 aromatic rings. The summed E-state index contributed by atoms with van der Waals surface area (Å²) in [6.07, 6.45) is -0.180. The van der Waals surface area contributed by atoms with Gasteiger partial charge in [-0.05, 0) is 25.1 Å². The fraction of sp³-hybridized carbons (Fsp3) is 0.429. The maximum Gasteiger partial charge on any atom is 0.419 e. The Bertz CT molecular complexity index is 733. The molecular weight excluding hydrogens is 274 g/mol. The van der Waals surface area contributed by atoms with Gasteiger partial charge in [-0.1, -0.05) is 0 Å². The van der Waals surface area contributed by atoms with Gasteiger partial charge >= 0.3 is 5.76 Å². The predicted octanol–water partition coefficient (Wildman–Crippen LogP) is 0.447. The zero-order chi connectivity index (χ0) is 15.0. The first kappa shape index (κ1) is 13.8. The lowest BCUT2D eigenvalue weighted by molar-refractivity contribution is -0.123. The van der Waals surface area contributed by atoms with Crippen molar-refractivity contribution in [2.45, 2.75) is 19.1 Å². The van der Waals surface area contributed by atoms with E-state index >= 15 is 0 Å². The van der Waals surface area contributed by atoms with Crippen molar-refractivity contribution in [2.75, 3.05) is 18.5 Å². The van der Waals surface area contributed by atoms with Crippen LogP contribution in [0.5, 0.6) is 0 Å². The first-order valence-electron chi connectivity index (χ1n) is 6.81. The molecule has 0 aliphatic carbocycles. The number of aryl methyl sites for hydroxylation is 1. The molecule has 0 radical (unpaired) electrons. The molecule has 112 valence electrons. The number of amides is 1. The minimum absolute atomic E-state index is 0.157. The van der Waals surface area contributed by atoms with Crippen molar-refractivity contribution in [3.8, 4) is 0 Å². The van der Waals surface area contributed by atoms with Crippen molar-refractivity contribution < 1.29 is 13.9 Å². The molecule has 2 N–H and O–H groups in total. The van der Waals surface area contributed by atoms with Gasteiger partial charge in [-0.3, -0.25) is 9.36 Å². The van der Waals surface area contributed by atoms with Gasteiger partial charge in [0.05, 0.1) is 18.2 Å². The second-order valence-electron chi connectivity index (χ2n) is 5.11. The lowest BCUT2D eigenvalue weighted by atomic mass is 10.1. The Labute approximate surface area is 120 Å². The predicted molar refractivity (Wildman–Crippen MR) is 77.3 cm³/mol.